The number of nitrogens with zero attached hydrogens (tertiary/aromatic N) is 1. The Balaban J connectivity index is 1.71. The van der Waals surface area contributed by atoms with Gasteiger partial charge in [0.25, 0.3) is 5.91 Å². The molecule has 3 rings (SSSR count). The van der Waals surface area contributed by atoms with E-state index < -0.39 is 5.91 Å². The standard InChI is InChI=1S/C22H17NO2S/c1-16(23-22(25)18-8-4-2-5-9-18)21(24)17-12-14-20(15-13-17)26-19-10-6-3-7-11-19/h2-15H,1H3/b23-16+. The van der Waals surface area contributed by atoms with E-state index in [0.29, 0.717) is 11.1 Å². The fourth-order valence-electron chi connectivity index (χ4n) is 2.36. The van der Waals surface area contributed by atoms with Gasteiger partial charge in [-0.3, -0.25) is 9.59 Å². The lowest BCUT2D eigenvalue weighted by Gasteiger charge is -2.04. The van der Waals surface area contributed by atoms with Crippen molar-refractivity contribution < 1.29 is 9.59 Å². The van der Waals surface area contributed by atoms with Crippen LogP contribution in [0.4, 0.5) is 0 Å². The molecule has 0 radical (unpaired) electrons. The Hall–Kier alpha value is -2.98. The summed E-state index contributed by atoms with van der Waals surface area (Å²) in [6.45, 7) is 1.57. The lowest BCUT2D eigenvalue weighted by Crippen LogP contribution is -2.13. The summed E-state index contributed by atoms with van der Waals surface area (Å²) in [7, 11) is 0. The Labute approximate surface area is 156 Å². The molecule has 0 unspecified atom stereocenters. The first-order valence-electron chi connectivity index (χ1n) is 8.16. The molecule has 1 amide bonds. The second kappa shape index (κ2) is 8.41. The van der Waals surface area contributed by atoms with E-state index in [2.05, 4.69) is 4.99 Å². The summed E-state index contributed by atoms with van der Waals surface area (Å²) >= 11 is 1.63. The molecule has 128 valence electrons. The molecule has 0 spiro atoms. The molecule has 0 aromatic heterocycles. The van der Waals surface area contributed by atoms with E-state index in [1.807, 2.05) is 48.5 Å². The molecule has 3 aromatic carbocycles. The highest BCUT2D eigenvalue weighted by Crippen LogP contribution is 2.27. The van der Waals surface area contributed by atoms with E-state index in [4.69, 9.17) is 0 Å². The van der Waals surface area contributed by atoms with Crippen molar-refractivity contribution in [3.63, 3.8) is 0 Å². The van der Waals surface area contributed by atoms with Gasteiger partial charge >= 0.3 is 0 Å². The molecule has 0 saturated heterocycles. The SMILES string of the molecule is C/C(=N\C(=O)c1ccccc1)C(=O)c1ccc(Sc2ccccc2)cc1. The number of carbonyl (C=O) groups is 2. The maximum atomic E-state index is 12.5. The lowest BCUT2D eigenvalue weighted by molar-refractivity contribution is 0.0992. The van der Waals surface area contributed by atoms with Gasteiger partial charge in [-0.05, 0) is 55.5 Å². The second-order valence-electron chi connectivity index (χ2n) is 5.64. The van der Waals surface area contributed by atoms with Crippen LogP contribution in [-0.4, -0.2) is 17.4 Å². The topological polar surface area (TPSA) is 46.5 Å². The van der Waals surface area contributed by atoms with Gasteiger partial charge < -0.3 is 0 Å². The first-order valence-corrected chi connectivity index (χ1v) is 8.97. The lowest BCUT2D eigenvalue weighted by atomic mass is 10.1. The van der Waals surface area contributed by atoms with Gasteiger partial charge in [0.15, 0.2) is 0 Å². The van der Waals surface area contributed by atoms with Crippen LogP contribution < -0.4 is 0 Å². The van der Waals surface area contributed by atoms with Crippen molar-refractivity contribution in [2.75, 3.05) is 0 Å². The smallest absolute Gasteiger partial charge is 0.277 e. The molecule has 4 heteroatoms. The molecule has 0 aliphatic carbocycles. The number of aliphatic imine (C=N–C) groups is 1. The summed E-state index contributed by atoms with van der Waals surface area (Å²) in [6.07, 6.45) is 0. The number of rotatable bonds is 5. The molecule has 0 N–H and O–H groups in total. The molecule has 3 aromatic rings. The normalized spacial score (nSPS) is 11.2. The Morgan fingerprint density at radius 2 is 1.23 bits per heavy atom. The Bertz CT molecular complexity index is 933. The van der Waals surface area contributed by atoms with Crippen molar-refractivity contribution in [2.24, 2.45) is 4.99 Å². The zero-order valence-corrected chi connectivity index (χ0v) is 15.1. The first-order chi connectivity index (χ1) is 12.6. The molecule has 0 atom stereocenters. The largest absolute Gasteiger partial charge is 0.287 e. The third-order valence-electron chi connectivity index (χ3n) is 3.71. The Morgan fingerprint density at radius 3 is 1.85 bits per heavy atom. The summed E-state index contributed by atoms with van der Waals surface area (Å²) in [5, 5.41) is 0. The minimum absolute atomic E-state index is 0.183. The Morgan fingerprint density at radius 1 is 0.692 bits per heavy atom. The van der Waals surface area contributed by atoms with Crippen molar-refractivity contribution in [1.82, 2.24) is 0 Å². The van der Waals surface area contributed by atoms with Gasteiger partial charge in [-0.15, -0.1) is 0 Å². The van der Waals surface area contributed by atoms with E-state index in [1.165, 1.54) is 0 Å². The number of hydrogen-bond acceptors (Lipinski definition) is 3. The third-order valence-corrected chi connectivity index (χ3v) is 4.73. The molecule has 0 aliphatic heterocycles. The minimum Gasteiger partial charge on any atom is -0.287 e. The van der Waals surface area contributed by atoms with E-state index in [1.54, 1.807) is 55.1 Å². The average molecular weight is 359 g/mol. The molecular weight excluding hydrogens is 342 g/mol. The van der Waals surface area contributed by atoms with Gasteiger partial charge in [0, 0.05) is 20.9 Å². The number of hydrogen-bond donors (Lipinski definition) is 0. The molecule has 3 nitrogen and oxygen atoms in total. The predicted octanol–water partition coefficient (Wildman–Crippen LogP) is 5.32. The highest BCUT2D eigenvalue weighted by atomic mass is 32.2. The van der Waals surface area contributed by atoms with Crippen LogP contribution in [0, 0.1) is 0 Å². The van der Waals surface area contributed by atoms with Crippen molar-refractivity contribution in [3.8, 4) is 0 Å². The van der Waals surface area contributed by atoms with Gasteiger partial charge in [0.2, 0.25) is 5.78 Å². The maximum Gasteiger partial charge on any atom is 0.277 e. The van der Waals surface area contributed by atoms with Crippen molar-refractivity contribution in [1.29, 1.82) is 0 Å². The first kappa shape index (κ1) is 17.8. The van der Waals surface area contributed by atoms with Crippen LogP contribution in [-0.2, 0) is 0 Å². The number of Topliss-reactive ketones (excluding diaryl/α,β-unsaturated/α-hetero) is 1. The highest BCUT2D eigenvalue weighted by molar-refractivity contribution is 7.99. The van der Waals surface area contributed by atoms with Crippen LogP contribution in [0.5, 0.6) is 0 Å². The van der Waals surface area contributed by atoms with Crippen molar-refractivity contribution in [3.05, 3.63) is 96.1 Å². The van der Waals surface area contributed by atoms with Crippen LogP contribution in [0.3, 0.4) is 0 Å². The zero-order valence-electron chi connectivity index (χ0n) is 14.3. The van der Waals surface area contributed by atoms with E-state index in [0.717, 1.165) is 9.79 Å². The van der Waals surface area contributed by atoms with E-state index in [9.17, 15) is 9.59 Å². The Kier molecular flexibility index (Phi) is 5.77. The van der Waals surface area contributed by atoms with Crippen LogP contribution >= 0.6 is 11.8 Å². The summed E-state index contributed by atoms with van der Waals surface area (Å²) < 4.78 is 0. The third kappa shape index (κ3) is 4.55. The molecule has 0 aliphatic rings. The number of carbonyl (C=O) groups excluding carboxylic acids is 2. The highest BCUT2D eigenvalue weighted by Gasteiger charge is 2.12. The molecule has 0 fully saturated rings. The minimum atomic E-state index is -0.410. The predicted molar refractivity (Wildman–Crippen MR) is 105 cm³/mol. The van der Waals surface area contributed by atoms with Gasteiger partial charge in [0.1, 0.15) is 0 Å². The molecule has 0 heterocycles. The monoisotopic (exact) mass is 359 g/mol. The summed E-state index contributed by atoms with van der Waals surface area (Å²) in [4.78, 5) is 30.7. The maximum absolute atomic E-state index is 12.5. The van der Waals surface area contributed by atoms with Crippen molar-refractivity contribution >= 4 is 29.2 Å². The average Bonchev–Trinajstić information content (AvgIpc) is 2.69. The van der Waals surface area contributed by atoms with Gasteiger partial charge in [0.05, 0.1) is 5.71 Å². The van der Waals surface area contributed by atoms with Crippen molar-refractivity contribution in [2.45, 2.75) is 16.7 Å². The molecule has 0 bridgehead atoms. The number of ketones is 1. The molecular formula is C22H17NO2S. The summed E-state index contributed by atoms with van der Waals surface area (Å²) in [5.74, 6) is -0.654. The summed E-state index contributed by atoms with van der Waals surface area (Å²) in [6, 6.07) is 26.1. The fraction of sp³-hybridized carbons (Fsp3) is 0.0455. The fourth-order valence-corrected chi connectivity index (χ4v) is 3.19. The number of benzene rings is 3. The second-order valence-corrected chi connectivity index (χ2v) is 6.78. The quantitative estimate of drug-likeness (QED) is 0.457. The van der Waals surface area contributed by atoms with Crippen LogP contribution in [0.1, 0.15) is 27.6 Å². The molecule has 26 heavy (non-hydrogen) atoms. The van der Waals surface area contributed by atoms with Crippen LogP contribution in [0.2, 0.25) is 0 Å². The van der Waals surface area contributed by atoms with E-state index in [-0.39, 0.29) is 11.5 Å². The summed E-state index contributed by atoms with van der Waals surface area (Å²) in [5.41, 5.74) is 1.17. The van der Waals surface area contributed by atoms with Gasteiger partial charge in [-0.2, -0.15) is 0 Å². The zero-order chi connectivity index (χ0) is 18.4. The number of amides is 1. The van der Waals surface area contributed by atoms with Gasteiger partial charge in [-0.25, -0.2) is 4.99 Å². The van der Waals surface area contributed by atoms with E-state index >= 15 is 0 Å². The van der Waals surface area contributed by atoms with Gasteiger partial charge in [-0.1, -0.05) is 48.2 Å². The van der Waals surface area contributed by atoms with Crippen LogP contribution in [0.15, 0.2) is 99.7 Å². The molecule has 0 saturated carbocycles. The van der Waals surface area contributed by atoms with Crippen LogP contribution in [0.25, 0.3) is 0 Å².